The number of aromatic amines is 1. The maximum atomic E-state index is 6.06. The van der Waals surface area contributed by atoms with Crippen LogP contribution < -0.4 is 11.1 Å². The Morgan fingerprint density at radius 3 is 3.04 bits per heavy atom. The van der Waals surface area contributed by atoms with E-state index in [-0.39, 0.29) is 0 Å². The molecule has 2 unspecified atom stereocenters. The van der Waals surface area contributed by atoms with Gasteiger partial charge in [0.25, 0.3) is 0 Å². The van der Waals surface area contributed by atoms with Crippen molar-refractivity contribution >= 4 is 22.4 Å². The van der Waals surface area contributed by atoms with Crippen molar-refractivity contribution in [2.75, 3.05) is 13.1 Å². The molecule has 0 saturated carbocycles. The van der Waals surface area contributed by atoms with Crippen molar-refractivity contribution in [3.8, 4) is 0 Å². The van der Waals surface area contributed by atoms with Gasteiger partial charge < -0.3 is 20.5 Å². The van der Waals surface area contributed by atoms with Gasteiger partial charge in [-0.05, 0) is 80.1 Å². The summed E-state index contributed by atoms with van der Waals surface area (Å²) in [5.74, 6) is 2.22. The van der Waals surface area contributed by atoms with Gasteiger partial charge >= 0.3 is 0 Å². The van der Waals surface area contributed by atoms with Crippen LogP contribution in [-0.4, -0.2) is 23.9 Å². The minimum absolute atomic E-state index is 0.398. The van der Waals surface area contributed by atoms with E-state index in [4.69, 9.17) is 10.2 Å². The van der Waals surface area contributed by atoms with Gasteiger partial charge in [0, 0.05) is 17.1 Å². The van der Waals surface area contributed by atoms with E-state index in [1.807, 2.05) is 18.2 Å². The van der Waals surface area contributed by atoms with Gasteiger partial charge in [-0.2, -0.15) is 0 Å². The molecular weight excluding hydrogens is 324 g/mol. The highest BCUT2D eigenvalue weighted by Crippen LogP contribution is 2.36. The fraction of sp³-hybridized carbons (Fsp3) is 0.381. The van der Waals surface area contributed by atoms with Crippen molar-refractivity contribution in [1.29, 1.82) is 0 Å². The second-order valence-corrected chi connectivity index (χ2v) is 7.18. The number of nitrogens with one attached hydrogen (secondary N) is 2. The fourth-order valence-corrected chi connectivity index (χ4v) is 3.99. The van der Waals surface area contributed by atoms with Crippen LogP contribution in [-0.2, 0) is 0 Å². The first-order valence-corrected chi connectivity index (χ1v) is 9.42. The highest BCUT2D eigenvalue weighted by Gasteiger charge is 2.22. The van der Waals surface area contributed by atoms with E-state index in [1.165, 1.54) is 30.2 Å². The number of H-pyrrole nitrogens is 1. The zero-order valence-electron chi connectivity index (χ0n) is 15.2. The van der Waals surface area contributed by atoms with Crippen molar-refractivity contribution in [3.63, 3.8) is 0 Å². The molecule has 1 aliphatic heterocycles. The first kappa shape index (κ1) is 16.9. The Morgan fingerprint density at radius 2 is 2.19 bits per heavy atom. The van der Waals surface area contributed by atoms with Crippen LogP contribution in [0.2, 0.25) is 0 Å². The quantitative estimate of drug-likeness (QED) is 0.485. The van der Waals surface area contributed by atoms with Crippen LogP contribution in [0, 0.1) is 5.92 Å². The zero-order valence-corrected chi connectivity index (χ0v) is 15.2. The maximum Gasteiger partial charge on any atom is 0.168 e. The second kappa shape index (κ2) is 7.38. The van der Waals surface area contributed by atoms with Gasteiger partial charge in [0.2, 0.25) is 0 Å². The van der Waals surface area contributed by atoms with Crippen LogP contribution >= 0.6 is 0 Å². The summed E-state index contributed by atoms with van der Waals surface area (Å²) in [5, 5.41) is 4.75. The van der Waals surface area contributed by atoms with E-state index >= 15 is 0 Å². The number of aromatic nitrogens is 1. The molecule has 1 saturated heterocycles. The van der Waals surface area contributed by atoms with Crippen LogP contribution in [0.15, 0.2) is 52.2 Å². The molecule has 2 aromatic heterocycles. The molecule has 3 heterocycles. The lowest BCUT2D eigenvalue weighted by molar-refractivity contribution is 0.405. The Bertz CT molecular complexity index is 886. The molecule has 3 aromatic rings. The summed E-state index contributed by atoms with van der Waals surface area (Å²) in [6.07, 6.45) is 7.54. The lowest BCUT2D eigenvalue weighted by Crippen LogP contribution is -2.15. The number of fused-ring (bicyclic) bond motifs is 1. The maximum absolute atomic E-state index is 6.06. The molecule has 0 spiro atoms. The lowest BCUT2D eigenvalue weighted by Gasteiger charge is -2.22. The molecule has 0 aliphatic carbocycles. The second-order valence-electron chi connectivity index (χ2n) is 7.18. The van der Waals surface area contributed by atoms with Gasteiger partial charge in [0.15, 0.2) is 11.6 Å². The molecule has 4 N–H and O–H groups in total. The van der Waals surface area contributed by atoms with Crippen LogP contribution in [0.3, 0.4) is 0 Å². The molecule has 1 aromatic carbocycles. The van der Waals surface area contributed by atoms with Crippen LogP contribution in [0.25, 0.3) is 10.9 Å². The molecule has 2 atom stereocenters. The molecule has 0 amide bonds. The van der Waals surface area contributed by atoms with Gasteiger partial charge in [-0.25, -0.2) is 4.99 Å². The number of nitrogens with two attached hydrogens (primary N) is 1. The predicted molar refractivity (Wildman–Crippen MR) is 106 cm³/mol. The van der Waals surface area contributed by atoms with Gasteiger partial charge in [0.1, 0.15) is 0 Å². The molecule has 4 rings (SSSR count). The van der Waals surface area contributed by atoms with E-state index in [2.05, 4.69) is 40.5 Å². The number of aliphatic imine (C=N–C) groups is 1. The van der Waals surface area contributed by atoms with Gasteiger partial charge in [-0.3, -0.25) is 0 Å². The molecule has 5 nitrogen and oxygen atoms in total. The normalized spacial score (nSPS) is 20.2. The summed E-state index contributed by atoms with van der Waals surface area (Å²) >= 11 is 0. The Labute approximate surface area is 153 Å². The Morgan fingerprint density at radius 1 is 1.27 bits per heavy atom. The SMILES string of the molecule is CC(c1c[nH]c2ccc(N=C(N)c3ccco3)cc12)C1CCCNCC1. The number of rotatable bonds is 4. The number of nitrogens with zero attached hydrogens (tertiary/aromatic N) is 1. The molecule has 1 fully saturated rings. The minimum atomic E-state index is 0.398. The average Bonchev–Trinajstić information content (AvgIpc) is 3.25. The van der Waals surface area contributed by atoms with Gasteiger partial charge in [-0.15, -0.1) is 0 Å². The number of amidine groups is 1. The number of benzene rings is 1. The third kappa shape index (κ3) is 3.40. The van der Waals surface area contributed by atoms with E-state index < -0.39 is 0 Å². The summed E-state index contributed by atoms with van der Waals surface area (Å²) in [4.78, 5) is 7.95. The Balaban J connectivity index is 1.65. The van der Waals surface area contributed by atoms with Crippen molar-refractivity contribution in [1.82, 2.24) is 10.3 Å². The van der Waals surface area contributed by atoms with Crippen molar-refractivity contribution < 1.29 is 4.42 Å². The zero-order chi connectivity index (χ0) is 17.9. The lowest BCUT2D eigenvalue weighted by atomic mass is 9.83. The highest BCUT2D eigenvalue weighted by atomic mass is 16.3. The summed E-state index contributed by atoms with van der Waals surface area (Å²) < 4.78 is 5.33. The summed E-state index contributed by atoms with van der Waals surface area (Å²) in [5.41, 5.74) is 9.44. The third-order valence-corrected chi connectivity index (χ3v) is 5.54. The first-order chi connectivity index (χ1) is 12.7. The predicted octanol–water partition coefficient (Wildman–Crippen LogP) is 4.29. The van der Waals surface area contributed by atoms with Crippen molar-refractivity contribution in [2.45, 2.75) is 32.1 Å². The monoisotopic (exact) mass is 350 g/mol. The van der Waals surface area contributed by atoms with Crippen LogP contribution in [0.4, 0.5) is 5.69 Å². The summed E-state index contributed by atoms with van der Waals surface area (Å²) in [6, 6.07) is 9.82. The number of furan rings is 1. The average molecular weight is 350 g/mol. The Hall–Kier alpha value is -2.53. The van der Waals surface area contributed by atoms with E-state index in [0.717, 1.165) is 24.3 Å². The van der Waals surface area contributed by atoms with Crippen LogP contribution in [0.1, 0.15) is 43.4 Å². The van der Waals surface area contributed by atoms with Crippen molar-refractivity contribution in [3.05, 3.63) is 54.1 Å². The Kier molecular flexibility index (Phi) is 4.80. The van der Waals surface area contributed by atoms with Gasteiger partial charge in [-0.1, -0.05) is 6.92 Å². The topological polar surface area (TPSA) is 79.3 Å². The highest BCUT2D eigenvalue weighted by molar-refractivity contribution is 5.97. The standard InChI is InChI=1S/C21H26N4O/c1-14(15-4-2-9-23-10-8-15)18-13-24-19-7-6-16(12-17(18)19)25-21(22)20-5-3-11-26-20/h3,5-7,11-15,23-24H,2,4,8-10H2,1H3,(H2,22,25). The van der Waals surface area contributed by atoms with E-state index in [0.29, 0.717) is 23.4 Å². The number of hydrogen-bond donors (Lipinski definition) is 3. The summed E-state index contributed by atoms with van der Waals surface area (Å²) in [7, 11) is 0. The molecule has 26 heavy (non-hydrogen) atoms. The first-order valence-electron chi connectivity index (χ1n) is 9.42. The molecule has 0 radical (unpaired) electrons. The largest absolute Gasteiger partial charge is 0.461 e. The molecular formula is C21H26N4O. The smallest absolute Gasteiger partial charge is 0.168 e. The molecule has 1 aliphatic rings. The molecule has 0 bridgehead atoms. The minimum Gasteiger partial charge on any atom is -0.461 e. The van der Waals surface area contributed by atoms with Crippen LogP contribution in [0.5, 0.6) is 0 Å². The van der Waals surface area contributed by atoms with Crippen molar-refractivity contribution in [2.24, 2.45) is 16.6 Å². The number of hydrogen-bond acceptors (Lipinski definition) is 3. The van der Waals surface area contributed by atoms with E-state index in [9.17, 15) is 0 Å². The third-order valence-electron chi connectivity index (χ3n) is 5.54. The molecule has 5 heteroatoms. The van der Waals surface area contributed by atoms with E-state index in [1.54, 1.807) is 6.26 Å². The molecule has 136 valence electrons. The fourth-order valence-electron chi connectivity index (χ4n) is 3.99. The summed E-state index contributed by atoms with van der Waals surface area (Å²) in [6.45, 7) is 4.61. The van der Waals surface area contributed by atoms with Gasteiger partial charge in [0.05, 0.1) is 12.0 Å².